The van der Waals surface area contributed by atoms with Gasteiger partial charge in [0.15, 0.2) is 0 Å². The van der Waals surface area contributed by atoms with Gasteiger partial charge in [-0.05, 0) is 193 Å². The third-order valence-corrected chi connectivity index (χ3v) is 17.3. The van der Waals surface area contributed by atoms with E-state index in [0.29, 0.717) is 39.9 Å². The van der Waals surface area contributed by atoms with Crippen LogP contribution in [-0.4, -0.2) is 105 Å². The number of nitriles is 1. The molecule has 4 atom stereocenters. The Morgan fingerprint density at radius 3 is 2.22 bits per heavy atom. The lowest BCUT2D eigenvalue weighted by Gasteiger charge is -2.42. The van der Waals surface area contributed by atoms with Crippen LogP contribution in [0.3, 0.4) is 0 Å². The van der Waals surface area contributed by atoms with Crippen molar-refractivity contribution in [3.05, 3.63) is 135 Å². The van der Waals surface area contributed by atoms with Crippen LogP contribution in [0.2, 0.25) is 10.0 Å². The number of carbonyl (C=O) groups is 1. The molecule has 0 radical (unpaired) electrons. The minimum absolute atomic E-state index is 0.171. The van der Waals surface area contributed by atoms with Crippen LogP contribution in [0.5, 0.6) is 5.75 Å². The summed E-state index contributed by atoms with van der Waals surface area (Å²) in [4.78, 5) is 22.5. The van der Waals surface area contributed by atoms with Crippen LogP contribution in [0.15, 0.2) is 97.1 Å². The summed E-state index contributed by atoms with van der Waals surface area (Å²) in [5.74, 6) is 2.32. The number of nitrogens with zero attached hydrogens (tertiary/aromatic N) is 5. The van der Waals surface area contributed by atoms with Crippen LogP contribution in [-0.2, 0) is 29.5 Å². The number of methoxy groups -OCH3 is 1. The number of carbonyl (C=O) groups excluding carboxylic acids is 1. The molecule has 0 aromatic heterocycles. The Balaban J connectivity index is 0.000000177. The number of piperidine rings is 1. The van der Waals surface area contributed by atoms with Gasteiger partial charge >= 0.3 is 0 Å². The van der Waals surface area contributed by atoms with Gasteiger partial charge in [0.05, 0.1) is 35.1 Å². The maximum Gasteiger partial charge on any atom is 0.227 e. The monoisotopic (exact) mass is 1020 g/mol. The molecule has 4 aromatic rings. The predicted molar refractivity (Wildman–Crippen MR) is 303 cm³/mol. The molecular formula is C63H89Cl2N5O2. The highest BCUT2D eigenvalue weighted by atomic mass is 35.5. The van der Waals surface area contributed by atoms with Crippen molar-refractivity contribution in [1.29, 1.82) is 5.26 Å². The minimum Gasteiger partial charge on any atom is -0.496 e. The molecule has 1 saturated carbocycles. The van der Waals surface area contributed by atoms with Crippen LogP contribution < -0.4 is 4.74 Å². The molecule has 0 N–H and O–H groups in total. The first kappa shape index (κ1) is 57.4. The van der Waals surface area contributed by atoms with Gasteiger partial charge in [0, 0.05) is 32.2 Å². The highest BCUT2D eigenvalue weighted by molar-refractivity contribution is 6.42. The number of hydrogen-bond acceptors (Lipinski definition) is 6. The molecule has 9 heteroatoms. The van der Waals surface area contributed by atoms with E-state index in [0.717, 1.165) is 61.6 Å². The lowest BCUT2D eigenvalue weighted by atomic mass is 9.70. The smallest absolute Gasteiger partial charge is 0.227 e. The lowest BCUT2D eigenvalue weighted by molar-refractivity contribution is -0.133. The maximum absolute atomic E-state index is 12.8. The molecule has 3 fully saturated rings. The number of likely N-dealkylation sites (N-methyl/N-ethyl adjacent to an activating group) is 2. The number of halogens is 2. The Morgan fingerprint density at radius 2 is 1.54 bits per heavy atom. The molecule has 4 aromatic carbocycles. The Labute approximate surface area is 446 Å². The van der Waals surface area contributed by atoms with Gasteiger partial charge in [-0.25, -0.2) is 0 Å². The second kappa shape index (κ2) is 28.7. The summed E-state index contributed by atoms with van der Waals surface area (Å²) >= 11 is 12.0. The first-order chi connectivity index (χ1) is 34.7. The highest BCUT2D eigenvalue weighted by Gasteiger charge is 2.37. The second-order valence-corrected chi connectivity index (χ2v) is 23.5. The van der Waals surface area contributed by atoms with Crippen molar-refractivity contribution in [2.45, 2.75) is 160 Å². The van der Waals surface area contributed by atoms with E-state index in [1.54, 1.807) is 24.8 Å². The predicted octanol–water partition coefficient (Wildman–Crippen LogP) is 14.5. The van der Waals surface area contributed by atoms with E-state index >= 15 is 0 Å². The third-order valence-electron chi connectivity index (χ3n) is 16.6. The van der Waals surface area contributed by atoms with Crippen LogP contribution in [0, 0.1) is 22.7 Å². The SMILES string of the molecule is CC(C)[C@@](C#N)(CCCN(C)CCc1ccccc1)c1ccccc1.CN(C(=O)Cc1ccc(Cl)c(Cl)c1)C1CCCC[C@H]1N1CCCC1.COc1cccc2c1CCCC2CCCN1CCCC(C)(C)C1. The lowest BCUT2D eigenvalue weighted by Crippen LogP contribution is -2.53. The van der Waals surface area contributed by atoms with E-state index in [-0.39, 0.29) is 11.3 Å². The summed E-state index contributed by atoms with van der Waals surface area (Å²) in [5, 5.41) is 11.0. The molecule has 8 rings (SSSR count). The minimum atomic E-state index is -0.387. The molecule has 72 heavy (non-hydrogen) atoms. The van der Waals surface area contributed by atoms with Crippen molar-refractivity contribution in [3.8, 4) is 11.8 Å². The van der Waals surface area contributed by atoms with Gasteiger partial charge in [-0.3, -0.25) is 9.69 Å². The van der Waals surface area contributed by atoms with Crippen molar-refractivity contribution < 1.29 is 9.53 Å². The number of fused-ring (bicyclic) bond motifs is 1. The van der Waals surface area contributed by atoms with Crippen molar-refractivity contribution in [1.82, 2.24) is 19.6 Å². The molecule has 392 valence electrons. The molecule has 7 nitrogen and oxygen atoms in total. The quantitative estimate of drug-likeness (QED) is 0.0990. The number of likely N-dealkylation sites (tertiary alicyclic amines) is 2. The van der Waals surface area contributed by atoms with Crippen molar-refractivity contribution in [2.75, 3.05) is 67.0 Å². The molecule has 1 amide bonds. The molecular weight excluding hydrogens is 930 g/mol. The van der Waals surface area contributed by atoms with Gasteiger partial charge in [0.25, 0.3) is 0 Å². The molecule has 0 bridgehead atoms. The van der Waals surface area contributed by atoms with Crippen molar-refractivity contribution >= 4 is 29.1 Å². The van der Waals surface area contributed by atoms with Gasteiger partial charge in [-0.2, -0.15) is 5.26 Å². The van der Waals surface area contributed by atoms with E-state index < -0.39 is 0 Å². The zero-order valence-electron chi connectivity index (χ0n) is 45.3. The van der Waals surface area contributed by atoms with E-state index in [2.05, 4.69) is 116 Å². The van der Waals surface area contributed by atoms with Crippen LogP contribution in [0.4, 0.5) is 0 Å². The number of benzene rings is 4. The van der Waals surface area contributed by atoms with Crippen LogP contribution in [0.1, 0.15) is 151 Å². The maximum atomic E-state index is 12.8. The summed E-state index contributed by atoms with van der Waals surface area (Å²) in [5.41, 5.74) is 6.63. The average Bonchev–Trinajstić information content (AvgIpc) is 3.94. The van der Waals surface area contributed by atoms with Crippen LogP contribution in [0.25, 0.3) is 0 Å². The molecule has 2 aliphatic carbocycles. The van der Waals surface area contributed by atoms with Crippen LogP contribution >= 0.6 is 23.2 Å². The van der Waals surface area contributed by atoms with E-state index in [4.69, 9.17) is 27.9 Å². The third kappa shape index (κ3) is 16.6. The first-order valence-electron chi connectivity index (χ1n) is 27.7. The van der Waals surface area contributed by atoms with Gasteiger partial charge in [-0.15, -0.1) is 0 Å². The zero-order chi connectivity index (χ0) is 51.5. The average molecular weight is 1020 g/mol. The largest absolute Gasteiger partial charge is 0.496 e. The van der Waals surface area contributed by atoms with E-state index in [1.807, 2.05) is 36.2 Å². The first-order valence-corrected chi connectivity index (χ1v) is 28.5. The van der Waals surface area contributed by atoms with Gasteiger partial charge in [0.1, 0.15) is 5.75 Å². The Bertz CT molecular complexity index is 2280. The summed E-state index contributed by atoms with van der Waals surface area (Å²) in [6.45, 7) is 17.5. The van der Waals surface area contributed by atoms with Gasteiger partial charge in [0.2, 0.25) is 5.91 Å². The molecule has 2 heterocycles. The summed E-state index contributed by atoms with van der Waals surface area (Å²) in [6, 6.07) is 36.5. The fourth-order valence-corrected chi connectivity index (χ4v) is 12.7. The van der Waals surface area contributed by atoms with Crippen molar-refractivity contribution in [3.63, 3.8) is 0 Å². The summed E-state index contributed by atoms with van der Waals surface area (Å²) in [7, 11) is 5.95. The van der Waals surface area contributed by atoms with Gasteiger partial charge < -0.3 is 19.4 Å². The molecule has 4 aliphatic rings. The fraction of sp³-hybridized carbons (Fsp3) is 0.587. The molecule has 2 aliphatic heterocycles. The van der Waals surface area contributed by atoms with Crippen molar-refractivity contribution in [2.24, 2.45) is 11.3 Å². The Kier molecular flexibility index (Phi) is 22.9. The highest BCUT2D eigenvalue weighted by Crippen LogP contribution is 2.40. The summed E-state index contributed by atoms with van der Waals surface area (Å²) in [6.07, 6.45) is 20.1. The second-order valence-electron chi connectivity index (χ2n) is 22.6. The Morgan fingerprint density at radius 1 is 0.819 bits per heavy atom. The zero-order valence-corrected chi connectivity index (χ0v) is 46.8. The topological polar surface area (TPSA) is 63.1 Å². The molecule has 0 spiro atoms. The molecule has 2 unspecified atom stereocenters. The Hall–Kier alpha value is -3.90. The fourth-order valence-electron chi connectivity index (χ4n) is 12.3. The normalized spacial score (nSPS) is 20.8. The number of rotatable bonds is 18. The van der Waals surface area contributed by atoms with E-state index in [9.17, 15) is 10.1 Å². The standard InChI is InChI=1S/C23H30N2.C21H33NO.C19H26Cl2N2O/c1-20(2)23(19-24,22-13-8-5-9-14-22)16-10-17-25(3)18-15-21-11-6-4-7-12-21;1-21(2)13-7-15-22(16-21)14-6-9-17-8-4-11-19-18(17)10-5-12-20(19)23-3;1-22(19(24)13-14-8-9-15(20)16(21)12-14)17-6-2-3-7-18(17)23-10-4-5-11-23/h4-9,11-14,20H,10,15-18H2,1-3H3;5,10,12,17H,4,6-9,11,13-16H2,1-3H3;8-9,12,17-18H,2-7,10-11,13H2,1H3/t23-;;17?,18-/m0.1/s1. The number of ether oxygens (including phenoxy) is 1. The number of hydrogen-bond donors (Lipinski definition) is 0. The van der Waals surface area contributed by atoms with Gasteiger partial charge in [-0.1, -0.05) is 143 Å². The summed E-state index contributed by atoms with van der Waals surface area (Å²) < 4.78 is 5.58. The molecule has 2 saturated heterocycles. The number of amides is 1. The van der Waals surface area contributed by atoms with E-state index in [1.165, 1.54) is 121 Å².